The van der Waals surface area contributed by atoms with Crippen LogP contribution in [0.2, 0.25) is 0 Å². The smallest absolute Gasteiger partial charge is 0.344 e. The van der Waals surface area contributed by atoms with Crippen molar-refractivity contribution in [3.05, 3.63) is 28.8 Å². The molecule has 0 fully saturated rings. The Balaban J connectivity index is 2.99. The van der Waals surface area contributed by atoms with Crippen molar-refractivity contribution in [3.8, 4) is 5.75 Å². The summed E-state index contributed by atoms with van der Waals surface area (Å²) in [7, 11) is 0. The Morgan fingerprint density at radius 2 is 1.60 bits per heavy atom. The molecule has 3 heteroatoms. The third-order valence-corrected chi connectivity index (χ3v) is 3.37. The molecule has 1 aromatic carbocycles. The second kappa shape index (κ2) is 7.32. The van der Waals surface area contributed by atoms with E-state index in [1.54, 1.807) is 6.92 Å². The molecule has 0 radical (unpaired) electrons. The molecule has 1 rings (SSSR count). The van der Waals surface area contributed by atoms with E-state index >= 15 is 0 Å². The maximum Gasteiger partial charge on any atom is 0.344 e. The topological polar surface area (TPSA) is 35.5 Å². The summed E-state index contributed by atoms with van der Waals surface area (Å²) < 4.78 is 10.5. The van der Waals surface area contributed by atoms with Gasteiger partial charge >= 0.3 is 5.97 Å². The zero-order valence-corrected chi connectivity index (χ0v) is 13.4. The first-order valence-electron chi connectivity index (χ1n) is 7.29. The van der Waals surface area contributed by atoms with Crippen molar-refractivity contribution in [2.24, 2.45) is 0 Å². The van der Waals surface area contributed by atoms with Gasteiger partial charge in [0.2, 0.25) is 0 Å². The highest BCUT2D eigenvalue weighted by Crippen LogP contribution is 2.31. The third kappa shape index (κ3) is 4.26. The van der Waals surface area contributed by atoms with Crippen LogP contribution in [0.4, 0.5) is 0 Å². The van der Waals surface area contributed by atoms with Gasteiger partial charge in [-0.05, 0) is 54.5 Å². The molecule has 3 nitrogen and oxygen atoms in total. The van der Waals surface area contributed by atoms with Gasteiger partial charge in [-0.15, -0.1) is 0 Å². The fourth-order valence-corrected chi connectivity index (χ4v) is 2.36. The fraction of sp³-hybridized carbons (Fsp3) is 0.588. The molecular formula is C17H26O3. The Morgan fingerprint density at radius 3 is 2.00 bits per heavy atom. The molecule has 0 atom stereocenters. The molecular weight excluding hydrogens is 252 g/mol. The van der Waals surface area contributed by atoms with Gasteiger partial charge in [-0.3, -0.25) is 0 Å². The van der Waals surface area contributed by atoms with Crippen LogP contribution >= 0.6 is 0 Å². The van der Waals surface area contributed by atoms with Crippen molar-refractivity contribution >= 4 is 5.97 Å². The van der Waals surface area contributed by atoms with Crippen molar-refractivity contribution in [3.63, 3.8) is 0 Å². The molecule has 0 aliphatic rings. The molecule has 0 spiro atoms. The zero-order chi connectivity index (χ0) is 15.3. The van der Waals surface area contributed by atoms with E-state index in [4.69, 9.17) is 9.47 Å². The van der Waals surface area contributed by atoms with Crippen molar-refractivity contribution in [2.45, 2.75) is 53.4 Å². The Labute approximate surface area is 122 Å². The molecule has 0 amide bonds. The Bertz CT molecular complexity index is 432. The van der Waals surface area contributed by atoms with Crippen LogP contribution in [0.15, 0.2) is 12.1 Å². The quantitative estimate of drug-likeness (QED) is 0.732. The Hall–Kier alpha value is -1.51. The maximum absolute atomic E-state index is 11.4. The SMILES string of the molecule is CCOC(=O)COc1cc(C(C)C)c(C)c(C(C)C)c1. The minimum atomic E-state index is -0.328. The molecule has 0 aliphatic heterocycles. The molecule has 0 saturated heterocycles. The number of rotatable bonds is 6. The lowest BCUT2D eigenvalue weighted by Crippen LogP contribution is -2.15. The molecule has 0 bridgehead atoms. The first kappa shape index (κ1) is 16.5. The molecule has 0 unspecified atom stereocenters. The van der Waals surface area contributed by atoms with E-state index in [-0.39, 0.29) is 12.6 Å². The van der Waals surface area contributed by atoms with Gasteiger partial charge in [-0.2, -0.15) is 0 Å². The Kier molecular flexibility index (Phi) is 6.05. The average molecular weight is 278 g/mol. The summed E-state index contributed by atoms with van der Waals surface area (Å²) in [4.78, 5) is 11.4. The molecule has 0 aromatic heterocycles. The molecule has 20 heavy (non-hydrogen) atoms. The number of hydrogen-bond acceptors (Lipinski definition) is 3. The highest BCUT2D eigenvalue weighted by atomic mass is 16.6. The number of esters is 1. The van der Waals surface area contributed by atoms with Gasteiger partial charge in [-0.25, -0.2) is 4.79 Å². The van der Waals surface area contributed by atoms with Crippen LogP contribution in [-0.4, -0.2) is 19.2 Å². The first-order valence-corrected chi connectivity index (χ1v) is 7.29. The van der Waals surface area contributed by atoms with Crippen molar-refractivity contribution < 1.29 is 14.3 Å². The number of hydrogen-bond donors (Lipinski definition) is 0. The van der Waals surface area contributed by atoms with Crippen LogP contribution in [0.1, 0.15) is 63.1 Å². The lowest BCUT2D eigenvalue weighted by atomic mass is 9.89. The summed E-state index contributed by atoms with van der Waals surface area (Å²) >= 11 is 0. The van der Waals surface area contributed by atoms with E-state index in [9.17, 15) is 4.79 Å². The van der Waals surface area contributed by atoms with E-state index in [0.29, 0.717) is 18.4 Å². The van der Waals surface area contributed by atoms with Crippen molar-refractivity contribution in [1.82, 2.24) is 0 Å². The van der Waals surface area contributed by atoms with Gasteiger partial charge in [0.15, 0.2) is 6.61 Å². The standard InChI is InChI=1S/C17H26O3/c1-7-19-17(18)10-20-14-8-15(11(2)3)13(6)16(9-14)12(4)5/h8-9,11-12H,7,10H2,1-6H3. The third-order valence-electron chi connectivity index (χ3n) is 3.37. The van der Waals surface area contributed by atoms with Gasteiger partial charge in [-0.1, -0.05) is 27.7 Å². The second-order valence-electron chi connectivity index (χ2n) is 5.63. The molecule has 0 saturated carbocycles. The predicted octanol–water partition coefficient (Wildman–Crippen LogP) is 4.18. The van der Waals surface area contributed by atoms with Gasteiger partial charge in [0.25, 0.3) is 0 Å². The lowest BCUT2D eigenvalue weighted by molar-refractivity contribution is -0.145. The summed E-state index contributed by atoms with van der Waals surface area (Å²) in [5, 5.41) is 0. The van der Waals surface area contributed by atoms with E-state index in [1.165, 1.54) is 16.7 Å². The normalized spacial score (nSPS) is 11.0. The molecule has 1 aromatic rings. The zero-order valence-electron chi connectivity index (χ0n) is 13.4. The van der Waals surface area contributed by atoms with Gasteiger partial charge in [0.1, 0.15) is 5.75 Å². The summed E-state index contributed by atoms with van der Waals surface area (Å²) in [5.74, 6) is 1.28. The minimum Gasteiger partial charge on any atom is -0.482 e. The second-order valence-corrected chi connectivity index (χ2v) is 5.63. The molecule has 112 valence electrons. The van der Waals surface area contributed by atoms with Gasteiger partial charge in [0, 0.05) is 0 Å². The van der Waals surface area contributed by atoms with Crippen LogP contribution in [0.3, 0.4) is 0 Å². The highest BCUT2D eigenvalue weighted by Gasteiger charge is 2.14. The predicted molar refractivity (Wildman–Crippen MR) is 81.5 cm³/mol. The van der Waals surface area contributed by atoms with Gasteiger partial charge < -0.3 is 9.47 Å². The van der Waals surface area contributed by atoms with E-state index < -0.39 is 0 Å². The van der Waals surface area contributed by atoms with Crippen LogP contribution in [0.25, 0.3) is 0 Å². The van der Waals surface area contributed by atoms with Crippen LogP contribution < -0.4 is 4.74 Å². The highest BCUT2D eigenvalue weighted by molar-refractivity contribution is 5.71. The van der Waals surface area contributed by atoms with Crippen molar-refractivity contribution in [2.75, 3.05) is 13.2 Å². The number of ether oxygens (including phenoxy) is 2. The summed E-state index contributed by atoms with van der Waals surface area (Å²) in [6.45, 7) is 13.0. The average Bonchev–Trinajstić information content (AvgIpc) is 2.37. The first-order chi connectivity index (χ1) is 9.36. The minimum absolute atomic E-state index is 0.0357. The Morgan fingerprint density at radius 1 is 1.10 bits per heavy atom. The lowest BCUT2D eigenvalue weighted by Gasteiger charge is -2.19. The number of benzene rings is 1. The van der Waals surface area contributed by atoms with Crippen molar-refractivity contribution in [1.29, 1.82) is 0 Å². The number of carbonyl (C=O) groups excluding carboxylic acids is 1. The monoisotopic (exact) mass is 278 g/mol. The summed E-state index contributed by atoms with van der Waals surface area (Å²) in [5.41, 5.74) is 3.86. The molecule has 0 aliphatic carbocycles. The van der Waals surface area contributed by atoms with E-state index in [2.05, 4.69) is 34.6 Å². The van der Waals surface area contributed by atoms with E-state index in [0.717, 1.165) is 5.75 Å². The van der Waals surface area contributed by atoms with Crippen LogP contribution in [0, 0.1) is 6.92 Å². The van der Waals surface area contributed by atoms with Crippen LogP contribution in [-0.2, 0) is 9.53 Å². The number of carbonyl (C=O) groups is 1. The van der Waals surface area contributed by atoms with Gasteiger partial charge in [0.05, 0.1) is 6.61 Å². The fourth-order valence-electron chi connectivity index (χ4n) is 2.36. The summed E-state index contributed by atoms with van der Waals surface area (Å²) in [6, 6.07) is 4.07. The molecule has 0 N–H and O–H groups in total. The summed E-state index contributed by atoms with van der Waals surface area (Å²) in [6.07, 6.45) is 0. The van der Waals surface area contributed by atoms with Crippen LogP contribution in [0.5, 0.6) is 5.75 Å². The van der Waals surface area contributed by atoms with E-state index in [1.807, 2.05) is 12.1 Å². The largest absolute Gasteiger partial charge is 0.482 e. The maximum atomic E-state index is 11.4. The molecule has 0 heterocycles.